The number of carbonyl (C=O) groups excluding carboxylic acids is 3. The lowest BCUT2D eigenvalue weighted by Crippen LogP contribution is -2.48. The van der Waals surface area contributed by atoms with Crippen LogP contribution in [0, 0.1) is 0 Å². The fourth-order valence-corrected chi connectivity index (χ4v) is 3.25. The summed E-state index contributed by atoms with van der Waals surface area (Å²) in [6.07, 6.45) is 1.02. The molecule has 8 nitrogen and oxygen atoms in total. The lowest BCUT2D eigenvalue weighted by Gasteiger charge is -2.21. The molecule has 0 saturated carbocycles. The Morgan fingerprint density at radius 1 is 1.13 bits per heavy atom. The van der Waals surface area contributed by atoms with Gasteiger partial charge >= 0.3 is 6.03 Å². The minimum atomic E-state index is -1.10. The molecule has 2 aromatic rings. The maximum absolute atomic E-state index is 12.9. The number of aryl methyl sites for hydroxylation is 1. The smallest absolute Gasteiger partial charge is 0.344 e. The molecule has 1 aliphatic heterocycles. The number of rotatable bonds is 8. The van der Waals surface area contributed by atoms with Gasteiger partial charge < -0.3 is 14.8 Å². The molecule has 3 rings (SSSR count). The van der Waals surface area contributed by atoms with Gasteiger partial charge in [0.25, 0.3) is 11.8 Å². The van der Waals surface area contributed by atoms with E-state index < -0.39 is 23.4 Å². The van der Waals surface area contributed by atoms with Crippen molar-refractivity contribution in [3.05, 3.63) is 59.7 Å². The Kier molecular flexibility index (Phi) is 6.25. The summed E-state index contributed by atoms with van der Waals surface area (Å²) in [4.78, 5) is 37.9. The van der Waals surface area contributed by atoms with E-state index in [9.17, 15) is 14.4 Å². The SMILES string of the molecule is CCOc1cc(C(=O)NN2C(=O)NC(C)(CCc3ccccc3)C2=O)ccc1OC. The van der Waals surface area contributed by atoms with E-state index in [0.29, 0.717) is 30.9 Å². The molecule has 2 N–H and O–H groups in total. The van der Waals surface area contributed by atoms with Crippen LogP contribution in [0.3, 0.4) is 0 Å². The number of ether oxygens (including phenoxy) is 2. The van der Waals surface area contributed by atoms with Crippen LogP contribution in [0.5, 0.6) is 11.5 Å². The number of hydrogen-bond donors (Lipinski definition) is 2. The van der Waals surface area contributed by atoms with E-state index in [4.69, 9.17) is 9.47 Å². The Morgan fingerprint density at radius 3 is 2.53 bits per heavy atom. The number of nitrogens with one attached hydrogen (secondary N) is 2. The predicted octanol–water partition coefficient (Wildman–Crippen LogP) is 2.68. The first kappa shape index (κ1) is 21.2. The molecule has 0 spiro atoms. The average molecular weight is 411 g/mol. The van der Waals surface area contributed by atoms with Crippen LogP contribution >= 0.6 is 0 Å². The molecular formula is C22H25N3O5. The second-order valence-corrected chi connectivity index (χ2v) is 7.13. The van der Waals surface area contributed by atoms with Crippen LogP contribution in [0.1, 0.15) is 36.2 Å². The molecule has 1 heterocycles. The minimum Gasteiger partial charge on any atom is -0.493 e. The molecule has 4 amide bonds. The van der Waals surface area contributed by atoms with Gasteiger partial charge in [0.15, 0.2) is 11.5 Å². The first-order valence-electron chi connectivity index (χ1n) is 9.70. The van der Waals surface area contributed by atoms with E-state index in [1.165, 1.54) is 19.2 Å². The highest BCUT2D eigenvalue weighted by Gasteiger charge is 2.48. The zero-order chi connectivity index (χ0) is 21.7. The molecule has 0 aliphatic carbocycles. The maximum Gasteiger partial charge on any atom is 0.344 e. The molecule has 1 unspecified atom stereocenters. The van der Waals surface area contributed by atoms with Crippen molar-refractivity contribution < 1.29 is 23.9 Å². The third-order valence-corrected chi connectivity index (χ3v) is 4.96. The van der Waals surface area contributed by atoms with Crippen molar-refractivity contribution in [3.8, 4) is 11.5 Å². The number of hydrazine groups is 1. The van der Waals surface area contributed by atoms with Crippen LogP contribution in [0.2, 0.25) is 0 Å². The summed E-state index contributed by atoms with van der Waals surface area (Å²) in [5.74, 6) is -0.223. The van der Waals surface area contributed by atoms with Gasteiger partial charge in [0.05, 0.1) is 13.7 Å². The normalized spacial score (nSPS) is 18.2. The highest BCUT2D eigenvalue weighted by Crippen LogP contribution is 2.28. The van der Waals surface area contributed by atoms with Crippen LogP contribution in [0.15, 0.2) is 48.5 Å². The number of imide groups is 1. The maximum atomic E-state index is 12.9. The van der Waals surface area contributed by atoms with Crippen LogP contribution in [-0.2, 0) is 11.2 Å². The molecule has 8 heteroatoms. The third kappa shape index (κ3) is 4.37. The summed E-state index contributed by atoms with van der Waals surface area (Å²) in [7, 11) is 1.50. The van der Waals surface area contributed by atoms with Gasteiger partial charge in [0.2, 0.25) is 0 Å². The molecule has 2 aromatic carbocycles. The zero-order valence-electron chi connectivity index (χ0n) is 17.2. The second-order valence-electron chi connectivity index (χ2n) is 7.13. The summed E-state index contributed by atoms with van der Waals surface area (Å²) >= 11 is 0. The highest BCUT2D eigenvalue weighted by atomic mass is 16.5. The van der Waals surface area contributed by atoms with Gasteiger partial charge in [-0.05, 0) is 50.5 Å². The van der Waals surface area contributed by atoms with Crippen LogP contribution in [0.4, 0.5) is 4.79 Å². The van der Waals surface area contributed by atoms with E-state index in [2.05, 4.69) is 10.7 Å². The van der Waals surface area contributed by atoms with E-state index in [0.717, 1.165) is 10.6 Å². The Bertz CT molecular complexity index is 947. The topological polar surface area (TPSA) is 97.0 Å². The minimum absolute atomic E-state index is 0.234. The third-order valence-electron chi connectivity index (χ3n) is 4.96. The van der Waals surface area contributed by atoms with Crippen LogP contribution in [-0.4, -0.2) is 42.1 Å². The van der Waals surface area contributed by atoms with Gasteiger partial charge in [-0.25, -0.2) is 4.79 Å². The number of nitrogens with zero attached hydrogens (tertiary/aromatic N) is 1. The average Bonchev–Trinajstić information content (AvgIpc) is 2.96. The second kappa shape index (κ2) is 8.86. The number of urea groups is 1. The molecule has 1 atom stereocenters. The van der Waals surface area contributed by atoms with Crippen molar-refractivity contribution >= 4 is 17.8 Å². The Morgan fingerprint density at radius 2 is 1.87 bits per heavy atom. The number of amides is 4. The lowest BCUT2D eigenvalue weighted by atomic mass is 9.93. The monoisotopic (exact) mass is 411 g/mol. The van der Waals surface area contributed by atoms with Crippen molar-refractivity contribution in [1.29, 1.82) is 0 Å². The van der Waals surface area contributed by atoms with Gasteiger partial charge in [-0.1, -0.05) is 30.3 Å². The largest absolute Gasteiger partial charge is 0.493 e. The molecule has 1 saturated heterocycles. The summed E-state index contributed by atoms with van der Waals surface area (Å²) < 4.78 is 10.7. The summed E-state index contributed by atoms with van der Waals surface area (Å²) in [5, 5.41) is 3.42. The molecule has 0 radical (unpaired) electrons. The Hall–Kier alpha value is -3.55. The summed E-state index contributed by atoms with van der Waals surface area (Å²) in [5.41, 5.74) is 2.58. The van der Waals surface area contributed by atoms with Crippen molar-refractivity contribution in [2.45, 2.75) is 32.2 Å². The van der Waals surface area contributed by atoms with Gasteiger partial charge in [-0.3, -0.25) is 15.0 Å². The Balaban J connectivity index is 1.70. The van der Waals surface area contributed by atoms with Crippen molar-refractivity contribution in [2.24, 2.45) is 0 Å². The van der Waals surface area contributed by atoms with Crippen molar-refractivity contribution in [3.63, 3.8) is 0 Å². The highest BCUT2D eigenvalue weighted by molar-refractivity contribution is 6.09. The number of benzene rings is 2. The fourth-order valence-electron chi connectivity index (χ4n) is 3.25. The van der Waals surface area contributed by atoms with E-state index in [1.807, 2.05) is 37.3 Å². The van der Waals surface area contributed by atoms with Crippen molar-refractivity contribution in [2.75, 3.05) is 13.7 Å². The van der Waals surface area contributed by atoms with E-state index in [-0.39, 0.29) is 5.56 Å². The Labute approximate surface area is 175 Å². The van der Waals surface area contributed by atoms with Crippen LogP contribution < -0.4 is 20.2 Å². The quantitative estimate of drug-likeness (QED) is 0.651. The number of methoxy groups -OCH3 is 1. The molecule has 30 heavy (non-hydrogen) atoms. The first-order valence-corrected chi connectivity index (χ1v) is 9.70. The molecule has 1 fully saturated rings. The zero-order valence-corrected chi connectivity index (χ0v) is 17.2. The summed E-state index contributed by atoms with van der Waals surface area (Å²) in [6, 6.07) is 13.6. The first-order chi connectivity index (χ1) is 14.4. The van der Waals surface area contributed by atoms with E-state index in [1.54, 1.807) is 13.0 Å². The molecule has 1 aliphatic rings. The number of carbonyl (C=O) groups is 3. The molecular weight excluding hydrogens is 386 g/mol. The lowest BCUT2D eigenvalue weighted by molar-refractivity contribution is -0.132. The fraction of sp³-hybridized carbons (Fsp3) is 0.318. The van der Waals surface area contributed by atoms with Crippen molar-refractivity contribution in [1.82, 2.24) is 15.8 Å². The predicted molar refractivity (Wildman–Crippen MR) is 110 cm³/mol. The molecule has 0 aromatic heterocycles. The van der Waals surface area contributed by atoms with E-state index >= 15 is 0 Å². The summed E-state index contributed by atoms with van der Waals surface area (Å²) in [6.45, 7) is 3.87. The molecule has 158 valence electrons. The van der Waals surface area contributed by atoms with Crippen LogP contribution in [0.25, 0.3) is 0 Å². The standard InChI is InChI=1S/C22H25N3O5/c1-4-30-18-14-16(10-11-17(18)29-3)19(26)24-25-20(27)22(2,23-21(25)28)13-12-15-8-6-5-7-9-15/h5-11,14H,4,12-13H2,1-3H3,(H,23,28)(H,24,26). The van der Waals surface area contributed by atoms with Gasteiger partial charge in [-0.15, -0.1) is 0 Å². The van der Waals surface area contributed by atoms with Gasteiger partial charge in [-0.2, -0.15) is 5.01 Å². The van der Waals surface area contributed by atoms with Gasteiger partial charge in [0, 0.05) is 5.56 Å². The molecule has 0 bridgehead atoms. The van der Waals surface area contributed by atoms with Gasteiger partial charge in [0.1, 0.15) is 5.54 Å². The number of hydrogen-bond acceptors (Lipinski definition) is 5.